The van der Waals surface area contributed by atoms with E-state index in [-0.39, 0.29) is 17.1 Å². The highest BCUT2D eigenvalue weighted by Crippen LogP contribution is 2.23. The third kappa shape index (κ3) is 2.65. The molecule has 0 bridgehead atoms. The van der Waals surface area contributed by atoms with Crippen molar-refractivity contribution in [2.75, 3.05) is 5.32 Å². The van der Waals surface area contributed by atoms with Crippen molar-refractivity contribution >= 4 is 11.5 Å². The van der Waals surface area contributed by atoms with Gasteiger partial charge in [0.25, 0.3) is 0 Å². The van der Waals surface area contributed by atoms with Crippen LogP contribution in [-0.4, -0.2) is 4.98 Å². The van der Waals surface area contributed by atoms with Gasteiger partial charge in [0.05, 0.1) is 11.3 Å². The van der Waals surface area contributed by atoms with E-state index < -0.39 is 17.5 Å². The van der Waals surface area contributed by atoms with Crippen LogP contribution < -0.4 is 5.32 Å². The molecule has 0 atom stereocenters. The highest BCUT2D eigenvalue weighted by atomic mass is 19.2. The first kappa shape index (κ1) is 12.9. The number of anilines is 2. The summed E-state index contributed by atoms with van der Waals surface area (Å²) in [6.45, 7) is 1.69. The first-order valence-electron chi connectivity index (χ1n) is 5.30. The molecule has 0 saturated carbocycles. The van der Waals surface area contributed by atoms with E-state index in [1.165, 1.54) is 6.07 Å². The van der Waals surface area contributed by atoms with Crippen LogP contribution >= 0.6 is 0 Å². The predicted octanol–water partition coefficient (Wildman–Crippen LogP) is 3.42. The second-order valence-electron chi connectivity index (χ2n) is 3.83. The summed E-state index contributed by atoms with van der Waals surface area (Å²) in [4.78, 5) is 4.02. The lowest BCUT2D eigenvalue weighted by molar-refractivity contribution is 0.496. The van der Waals surface area contributed by atoms with Gasteiger partial charge >= 0.3 is 0 Å². The van der Waals surface area contributed by atoms with Gasteiger partial charge in [-0.2, -0.15) is 5.26 Å². The molecule has 6 heteroatoms. The lowest BCUT2D eigenvalue weighted by Crippen LogP contribution is -2.01. The fourth-order valence-electron chi connectivity index (χ4n) is 1.49. The summed E-state index contributed by atoms with van der Waals surface area (Å²) in [5, 5.41) is 11.4. The SMILES string of the molecule is Cc1ccc(C#N)c(Nc2cc(F)c(F)cc2F)n1. The number of aryl methyl sites for hydroxylation is 1. The van der Waals surface area contributed by atoms with Gasteiger partial charge in [-0.05, 0) is 19.1 Å². The van der Waals surface area contributed by atoms with Crippen LogP contribution in [-0.2, 0) is 0 Å². The Bertz CT molecular complexity index is 678. The highest BCUT2D eigenvalue weighted by molar-refractivity contribution is 5.63. The number of pyridine rings is 1. The third-order valence-electron chi connectivity index (χ3n) is 2.42. The Labute approximate surface area is 107 Å². The Hall–Kier alpha value is -2.55. The number of hydrogen-bond donors (Lipinski definition) is 1. The quantitative estimate of drug-likeness (QED) is 0.844. The molecule has 0 amide bonds. The zero-order valence-electron chi connectivity index (χ0n) is 9.84. The van der Waals surface area contributed by atoms with E-state index >= 15 is 0 Å². The van der Waals surface area contributed by atoms with E-state index in [0.29, 0.717) is 17.8 Å². The van der Waals surface area contributed by atoms with Gasteiger partial charge in [-0.1, -0.05) is 0 Å². The van der Waals surface area contributed by atoms with Crippen LogP contribution in [0.5, 0.6) is 0 Å². The average Bonchev–Trinajstić information content (AvgIpc) is 2.36. The molecule has 3 nitrogen and oxygen atoms in total. The van der Waals surface area contributed by atoms with Crippen LogP contribution in [0.2, 0.25) is 0 Å². The fourth-order valence-corrected chi connectivity index (χ4v) is 1.49. The van der Waals surface area contributed by atoms with Gasteiger partial charge in [-0.3, -0.25) is 0 Å². The summed E-state index contributed by atoms with van der Waals surface area (Å²) in [7, 11) is 0. The first-order chi connectivity index (χ1) is 9.01. The zero-order valence-corrected chi connectivity index (χ0v) is 9.84. The summed E-state index contributed by atoms with van der Waals surface area (Å²) >= 11 is 0. The van der Waals surface area contributed by atoms with Crippen molar-refractivity contribution in [2.24, 2.45) is 0 Å². The second kappa shape index (κ2) is 4.98. The average molecular weight is 263 g/mol. The number of halogens is 3. The number of nitriles is 1. The number of nitrogens with zero attached hydrogens (tertiary/aromatic N) is 2. The molecule has 0 aliphatic carbocycles. The number of hydrogen-bond acceptors (Lipinski definition) is 3. The van der Waals surface area contributed by atoms with Crippen LogP contribution in [0, 0.1) is 35.7 Å². The van der Waals surface area contributed by atoms with Gasteiger partial charge in [0.15, 0.2) is 11.6 Å². The number of rotatable bonds is 2. The predicted molar refractivity (Wildman–Crippen MR) is 63.3 cm³/mol. The molecule has 0 fully saturated rings. The minimum Gasteiger partial charge on any atom is -0.337 e. The summed E-state index contributed by atoms with van der Waals surface area (Å²) in [6.07, 6.45) is 0. The Morgan fingerprint density at radius 3 is 2.47 bits per heavy atom. The summed E-state index contributed by atoms with van der Waals surface area (Å²) in [6, 6.07) is 6.10. The molecule has 1 aromatic carbocycles. The molecule has 2 aromatic rings. The monoisotopic (exact) mass is 263 g/mol. The van der Waals surface area contributed by atoms with Crippen molar-refractivity contribution in [3.05, 3.63) is 53.0 Å². The molecule has 1 aromatic heterocycles. The van der Waals surface area contributed by atoms with Crippen LogP contribution in [0.15, 0.2) is 24.3 Å². The van der Waals surface area contributed by atoms with Crippen molar-refractivity contribution in [1.29, 1.82) is 5.26 Å². The number of nitrogens with one attached hydrogen (secondary N) is 1. The molecule has 0 spiro atoms. The van der Waals surface area contributed by atoms with E-state index in [1.807, 2.05) is 6.07 Å². The Morgan fingerprint density at radius 1 is 1.11 bits per heavy atom. The largest absolute Gasteiger partial charge is 0.337 e. The van der Waals surface area contributed by atoms with Gasteiger partial charge in [0.2, 0.25) is 0 Å². The van der Waals surface area contributed by atoms with E-state index in [1.54, 1.807) is 13.0 Å². The van der Waals surface area contributed by atoms with Crippen LogP contribution in [0.1, 0.15) is 11.3 Å². The van der Waals surface area contributed by atoms with Gasteiger partial charge in [0, 0.05) is 17.8 Å². The summed E-state index contributed by atoms with van der Waals surface area (Å²) in [5.41, 5.74) is 0.493. The van der Waals surface area contributed by atoms with Gasteiger partial charge < -0.3 is 5.32 Å². The molecule has 0 saturated heterocycles. The Balaban J connectivity index is 2.45. The van der Waals surface area contributed by atoms with Gasteiger partial charge in [-0.25, -0.2) is 18.2 Å². The Kier molecular flexibility index (Phi) is 3.38. The number of benzene rings is 1. The smallest absolute Gasteiger partial charge is 0.161 e. The molecule has 19 heavy (non-hydrogen) atoms. The minimum atomic E-state index is -1.28. The van der Waals surface area contributed by atoms with Crippen LogP contribution in [0.25, 0.3) is 0 Å². The zero-order chi connectivity index (χ0) is 14.0. The Morgan fingerprint density at radius 2 is 1.79 bits per heavy atom. The molecule has 2 rings (SSSR count). The number of aromatic nitrogens is 1. The summed E-state index contributed by atoms with van der Waals surface area (Å²) in [5.74, 6) is -3.34. The highest BCUT2D eigenvalue weighted by Gasteiger charge is 2.12. The van der Waals surface area contributed by atoms with Crippen molar-refractivity contribution in [3.63, 3.8) is 0 Å². The van der Waals surface area contributed by atoms with Crippen molar-refractivity contribution in [1.82, 2.24) is 4.98 Å². The van der Waals surface area contributed by atoms with Crippen molar-refractivity contribution < 1.29 is 13.2 Å². The van der Waals surface area contributed by atoms with Crippen LogP contribution in [0.3, 0.4) is 0 Å². The maximum absolute atomic E-state index is 13.5. The molecule has 1 heterocycles. The molecule has 0 aliphatic heterocycles. The van der Waals surface area contributed by atoms with E-state index in [4.69, 9.17) is 5.26 Å². The summed E-state index contributed by atoms with van der Waals surface area (Å²) < 4.78 is 39.3. The first-order valence-corrected chi connectivity index (χ1v) is 5.30. The third-order valence-corrected chi connectivity index (χ3v) is 2.42. The molecule has 96 valence electrons. The lowest BCUT2D eigenvalue weighted by atomic mass is 10.2. The maximum Gasteiger partial charge on any atom is 0.161 e. The molecular formula is C13H8F3N3. The van der Waals surface area contributed by atoms with E-state index in [9.17, 15) is 13.2 Å². The van der Waals surface area contributed by atoms with Gasteiger partial charge in [-0.15, -0.1) is 0 Å². The topological polar surface area (TPSA) is 48.7 Å². The fraction of sp³-hybridized carbons (Fsp3) is 0.0769. The molecule has 1 N–H and O–H groups in total. The second-order valence-corrected chi connectivity index (χ2v) is 3.83. The molecule has 0 radical (unpaired) electrons. The normalized spacial score (nSPS) is 10.1. The van der Waals surface area contributed by atoms with Crippen LogP contribution in [0.4, 0.5) is 24.7 Å². The molecular weight excluding hydrogens is 255 g/mol. The van der Waals surface area contributed by atoms with Crippen molar-refractivity contribution in [2.45, 2.75) is 6.92 Å². The van der Waals surface area contributed by atoms with Gasteiger partial charge in [0.1, 0.15) is 17.7 Å². The maximum atomic E-state index is 13.5. The van der Waals surface area contributed by atoms with E-state index in [0.717, 1.165) is 0 Å². The lowest BCUT2D eigenvalue weighted by Gasteiger charge is -2.09. The standard InChI is InChI=1S/C13H8F3N3/c1-7-2-3-8(6-17)13(18-7)19-12-5-10(15)9(14)4-11(12)16/h2-5H,1H3,(H,18,19). The van der Waals surface area contributed by atoms with Crippen molar-refractivity contribution in [3.8, 4) is 6.07 Å². The minimum absolute atomic E-state index is 0.0902. The molecule has 0 unspecified atom stereocenters. The van der Waals surface area contributed by atoms with E-state index in [2.05, 4.69) is 10.3 Å². The molecule has 0 aliphatic rings.